The van der Waals surface area contributed by atoms with Crippen LogP contribution in [-0.4, -0.2) is 70.2 Å². The molecule has 120 valence electrons. The maximum atomic E-state index is 11.3. The highest BCUT2D eigenvalue weighted by Gasteiger charge is 2.27. The van der Waals surface area contributed by atoms with Crippen molar-refractivity contribution in [3.05, 3.63) is 0 Å². The number of nitrogens with one attached hydrogen (secondary N) is 2. The predicted octanol–water partition coefficient (Wildman–Crippen LogP) is -2.44. The van der Waals surface area contributed by atoms with Gasteiger partial charge in [0, 0.05) is 14.1 Å². The summed E-state index contributed by atoms with van der Waals surface area (Å²) in [7, 11) is 5.04. The third-order valence-corrected chi connectivity index (χ3v) is 3.25. The summed E-state index contributed by atoms with van der Waals surface area (Å²) in [4.78, 5) is 22.4. The molecule has 7 nitrogen and oxygen atoms in total. The van der Waals surface area contributed by atoms with Gasteiger partial charge in [-0.15, -0.1) is 0 Å². The summed E-state index contributed by atoms with van der Waals surface area (Å²) in [5, 5.41) is 4.75. The Labute approximate surface area is 138 Å². The average molecular weight is 403 g/mol. The fraction of sp³-hybridized carbons (Fsp3) is 0.833. The second kappa shape index (κ2) is 11.0. The highest BCUT2D eigenvalue weighted by Crippen LogP contribution is 2.07. The van der Waals surface area contributed by atoms with E-state index in [0.717, 1.165) is 17.6 Å². The van der Waals surface area contributed by atoms with E-state index in [0.29, 0.717) is 6.54 Å². The van der Waals surface area contributed by atoms with E-state index in [1.807, 2.05) is 0 Å². The number of amides is 2. The summed E-state index contributed by atoms with van der Waals surface area (Å²) in [5.74, 6) is 0. The van der Waals surface area contributed by atoms with Gasteiger partial charge in [0.25, 0.3) is 0 Å². The van der Waals surface area contributed by atoms with Crippen LogP contribution in [0.4, 0.5) is 9.59 Å². The van der Waals surface area contributed by atoms with Crippen molar-refractivity contribution in [2.45, 2.75) is 20.0 Å². The van der Waals surface area contributed by atoms with Crippen LogP contribution in [0.2, 0.25) is 0 Å². The summed E-state index contributed by atoms with van der Waals surface area (Å²) in [6.45, 7) is 6.59. The number of halogens is 1. The maximum absolute atomic E-state index is 11.3. The first-order valence-corrected chi connectivity index (χ1v) is 6.47. The zero-order chi connectivity index (χ0) is 14.9. The minimum absolute atomic E-state index is 0. The Morgan fingerprint density at radius 1 is 1.10 bits per heavy atom. The third kappa shape index (κ3) is 8.41. The van der Waals surface area contributed by atoms with E-state index < -0.39 is 18.3 Å². The maximum Gasteiger partial charge on any atom is 0.407 e. The number of carbonyl (C=O) groups excluding carboxylic acids is 2. The van der Waals surface area contributed by atoms with Crippen molar-refractivity contribution in [1.29, 1.82) is 0 Å². The number of alkyl carbamates (subject to hydrolysis) is 2. The number of quaternary nitrogens is 1. The van der Waals surface area contributed by atoms with Gasteiger partial charge < -0.3 is 48.6 Å². The number of likely N-dealkylation sites (N-methyl/N-ethyl adjacent to an activating group) is 1. The topological polar surface area (TPSA) is 76.7 Å². The lowest BCUT2D eigenvalue weighted by Crippen LogP contribution is -3.00. The van der Waals surface area contributed by atoms with Gasteiger partial charge in [-0.3, -0.25) is 0 Å². The van der Waals surface area contributed by atoms with Gasteiger partial charge in [0.15, 0.2) is 6.10 Å². The van der Waals surface area contributed by atoms with Crippen LogP contribution in [0, 0.1) is 0 Å². The van der Waals surface area contributed by atoms with Crippen LogP contribution in [0.5, 0.6) is 0 Å². The Morgan fingerprint density at radius 2 is 1.60 bits per heavy atom. The lowest BCUT2D eigenvalue weighted by molar-refractivity contribution is -0.908. The molecule has 0 saturated heterocycles. The van der Waals surface area contributed by atoms with Gasteiger partial charge in [0.2, 0.25) is 0 Å². The molecule has 0 aliphatic heterocycles. The van der Waals surface area contributed by atoms with Crippen LogP contribution >= 0.6 is 0 Å². The van der Waals surface area contributed by atoms with Crippen LogP contribution in [0.15, 0.2) is 0 Å². The standard InChI is InChI=1S/C12H25N3O4.HI/c1-6-15(5,7-2)8-10(19-12(17)14-4)9-18-11(16)13-3;/h10H,6-9H2,1-5H3,(H-,13,14,16,17);1H. The molecule has 0 aromatic carbocycles. The summed E-state index contributed by atoms with van der Waals surface area (Å²) in [6.07, 6.45) is -1.53. The number of hydrogen-bond donors (Lipinski definition) is 2. The first kappa shape index (κ1) is 21.5. The normalized spacial score (nSPS) is 11.8. The highest BCUT2D eigenvalue weighted by atomic mass is 127. The number of hydrogen-bond acceptors (Lipinski definition) is 4. The smallest absolute Gasteiger partial charge is 0.407 e. The molecule has 1 atom stereocenters. The molecule has 0 spiro atoms. The molecule has 20 heavy (non-hydrogen) atoms. The van der Waals surface area contributed by atoms with Crippen LogP contribution in [0.3, 0.4) is 0 Å². The first-order chi connectivity index (χ1) is 8.90. The number of rotatable bonds is 7. The lowest BCUT2D eigenvalue weighted by atomic mass is 10.3. The molecular weight excluding hydrogens is 377 g/mol. The second-order valence-electron chi connectivity index (χ2n) is 4.56. The summed E-state index contributed by atoms with van der Waals surface area (Å²) >= 11 is 0. The van der Waals surface area contributed by atoms with Crippen LogP contribution in [0.1, 0.15) is 13.8 Å². The van der Waals surface area contributed by atoms with Crippen LogP contribution in [-0.2, 0) is 9.47 Å². The minimum Gasteiger partial charge on any atom is -1.00 e. The van der Waals surface area contributed by atoms with Crippen LogP contribution in [0.25, 0.3) is 0 Å². The molecule has 0 heterocycles. The Kier molecular flexibility index (Phi) is 11.8. The molecule has 0 fully saturated rings. The Balaban J connectivity index is 0. The van der Waals surface area contributed by atoms with Crippen molar-refractivity contribution in [1.82, 2.24) is 10.6 Å². The summed E-state index contributed by atoms with van der Waals surface area (Å²) < 4.78 is 10.9. The zero-order valence-corrected chi connectivity index (χ0v) is 15.0. The Bertz CT molecular complexity index is 298. The fourth-order valence-corrected chi connectivity index (χ4v) is 1.55. The molecule has 0 rings (SSSR count). The molecule has 0 aromatic heterocycles. The molecule has 8 heteroatoms. The van der Waals surface area contributed by atoms with Crippen molar-refractivity contribution in [3.63, 3.8) is 0 Å². The van der Waals surface area contributed by atoms with Gasteiger partial charge in [-0.05, 0) is 13.8 Å². The Morgan fingerprint density at radius 3 is 2.00 bits per heavy atom. The number of carbonyl (C=O) groups is 2. The SMILES string of the molecule is CC[N+](C)(CC)CC(COC(=O)NC)OC(=O)NC.[I-]. The summed E-state index contributed by atoms with van der Waals surface area (Å²) in [6, 6.07) is 0. The van der Waals surface area contributed by atoms with E-state index in [4.69, 9.17) is 9.47 Å². The first-order valence-electron chi connectivity index (χ1n) is 6.47. The van der Waals surface area contributed by atoms with E-state index in [1.165, 1.54) is 14.1 Å². The van der Waals surface area contributed by atoms with Crippen molar-refractivity contribution >= 4 is 12.2 Å². The fourth-order valence-electron chi connectivity index (χ4n) is 1.55. The van der Waals surface area contributed by atoms with Gasteiger partial charge in [-0.1, -0.05) is 0 Å². The summed E-state index contributed by atoms with van der Waals surface area (Å²) in [5.41, 5.74) is 0. The van der Waals surface area contributed by atoms with E-state index in [1.54, 1.807) is 0 Å². The van der Waals surface area contributed by atoms with Gasteiger partial charge in [0.05, 0.1) is 20.1 Å². The van der Waals surface area contributed by atoms with Crippen molar-refractivity contribution < 1.29 is 47.5 Å². The lowest BCUT2D eigenvalue weighted by Gasteiger charge is -2.34. The van der Waals surface area contributed by atoms with Crippen molar-refractivity contribution in [2.75, 3.05) is 47.4 Å². The molecule has 0 saturated carbocycles. The van der Waals surface area contributed by atoms with E-state index in [-0.39, 0.29) is 30.6 Å². The van der Waals surface area contributed by atoms with E-state index >= 15 is 0 Å². The quantitative estimate of drug-likeness (QED) is 0.366. The third-order valence-electron chi connectivity index (χ3n) is 3.25. The van der Waals surface area contributed by atoms with Crippen molar-refractivity contribution in [3.8, 4) is 0 Å². The van der Waals surface area contributed by atoms with Crippen molar-refractivity contribution in [2.24, 2.45) is 0 Å². The largest absolute Gasteiger partial charge is 1.00 e. The van der Waals surface area contributed by atoms with Gasteiger partial charge in [0.1, 0.15) is 13.2 Å². The molecule has 0 aliphatic rings. The van der Waals surface area contributed by atoms with Crippen LogP contribution < -0.4 is 34.6 Å². The molecule has 1 unspecified atom stereocenters. The molecule has 0 radical (unpaired) electrons. The van der Waals surface area contributed by atoms with Gasteiger partial charge >= 0.3 is 12.2 Å². The molecule has 2 N–H and O–H groups in total. The molecular formula is C12H26IN3O4. The number of ether oxygens (including phenoxy) is 2. The predicted molar refractivity (Wildman–Crippen MR) is 71.9 cm³/mol. The highest BCUT2D eigenvalue weighted by molar-refractivity contribution is 5.67. The zero-order valence-electron chi connectivity index (χ0n) is 12.9. The molecule has 0 aliphatic carbocycles. The van der Waals surface area contributed by atoms with E-state index in [9.17, 15) is 9.59 Å². The number of nitrogens with zero attached hydrogens (tertiary/aromatic N) is 1. The average Bonchev–Trinajstić information content (AvgIpc) is 2.43. The van der Waals surface area contributed by atoms with Gasteiger partial charge in [-0.25, -0.2) is 9.59 Å². The Hall–Kier alpha value is -0.770. The molecule has 0 aromatic rings. The van der Waals surface area contributed by atoms with Gasteiger partial charge in [-0.2, -0.15) is 0 Å². The minimum atomic E-state index is -0.535. The monoisotopic (exact) mass is 403 g/mol. The molecule has 0 bridgehead atoms. The van der Waals surface area contributed by atoms with E-state index in [2.05, 4.69) is 31.5 Å². The molecule has 2 amide bonds. The second-order valence-corrected chi connectivity index (χ2v) is 4.56.